The molecule has 0 saturated carbocycles. The highest BCUT2D eigenvalue weighted by atomic mass is 35.5. The fraction of sp³-hybridized carbons (Fsp3) is 0.385. The topological polar surface area (TPSA) is 66.4 Å². The van der Waals surface area contributed by atoms with Gasteiger partial charge in [-0.1, -0.05) is 31.5 Å². The molecule has 0 aliphatic heterocycles. The summed E-state index contributed by atoms with van der Waals surface area (Å²) in [4.78, 5) is 22.9. The Hall–Kier alpha value is -1.55. The zero-order valence-electron chi connectivity index (χ0n) is 10.3. The van der Waals surface area contributed by atoms with Crippen molar-refractivity contribution in [2.45, 2.75) is 26.3 Å². The van der Waals surface area contributed by atoms with E-state index in [0.717, 1.165) is 0 Å². The molecule has 0 aromatic heterocycles. The standard InChI is InChI=1S/C13H16ClNO3/c1-8(2)6-11(13(17)18)15-12(16)9-4-3-5-10(14)7-9/h3-5,7-8,11H,6H2,1-2H3,(H,15,16)(H,17,18)/t11-/m0/s1. The molecule has 2 N–H and O–H groups in total. The van der Waals surface area contributed by atoms with E-state index in [2.05, 4.69) is 5.32 Å². The van der Waals surface area contributed by atoms with Gasteiger partial charge in [0, 0.05) is 10.6 Å². The van der Waals surface area contributed by atoms with Gasteiger partial charge in [-0.15, -0.1) is 0 Å². The maximum Gasteiger partial charge on any atom is 0.326 e. The quantitative estimate of drug-likeness (QED) is 0.863. The first-order chi connectivity index (χ1) is 8.40. The number of hydrogen-bond acceptors (Lipinski definition) is 2. The van der Waals surface area contributed by atoms with Crippen LogP contribution in [0.1, 0.15) is 30.6 Å². The summed E-state index contributed by atoms with van der Waals surface area (Å²) in [5, 5.41) is 12.0. The van der Waals surface area contributed by atoms with E-state index in [0.29, 0.717) is 17.0 Å². The predicted molar refractivity (Wildman–Crippen MR) is 69.8 cm³/mol. The molecule has 0 fully saturated rings. The van der Waals surface area contributed by atoms with Crippen molar-refractivity contribution in [2.75, 3.05) is 0 Å². The van der Waals surface area contributed by atoms with Gasteiger partial charge in [0.2, 0.25) is 0 Å². The van der Waals surface area contributed by atoms with Crippen LogP contribution in [0.5, 0.6) is 0 Å². The molecular formula is C13H16ClNO3. The molecule has 5 heteroatoms. The zero-order chi connectivity index (χ0) is 13.7. The second-order valence-corrected chi connectivity index (χ2v) is 4.94. The van der Waals surface area contributed by atoms with Crippen LogP contribution in [-0.4, -0.2) is 23.0 Å². The number of carbonyl (C=O) groups excluding carboxylic acids is 1. The number of carbonyl (C=O) groups is 2. The SMILES string of the molecule is CC(C)C[C@H](NC(=O)c1cccc(Cl)c1)C(=O)O. The van der Waals surface area contributed by atoms with Crippen LogP contribution in [-0.2, 0) is 4.79 Å². The van der Waals surface area contributed by atoms with E-state index < -0.39 is 17.9 Å². The molecule has 1 rings (SSSR count). The summed E-state index contributed by atoms with van der Waals surface area (Å²) in [6.07, 6.45) is 0.391. The minimum absolute atomic E-state index is 0.186. The van der Waals surface area contributed by atoms with Crippen molar-refractivity contribution in [3.05, 3.63) is 34.9 Å². The number of carboxylic acid groups (broad SMARTS) is 1. The van der Waals surface area contributed by atoms with Crippen LogP contribution >= 0.6 is 11.6 Å². The summed E-state index contributed by atoms with van der Waals surface area (Å²) in [6.45, 7) is 3.81. The van der Waals surface area contributed by atoms with E-state index in [-0.39, 0.29) is 5.92 Å². The second kappa shape index (κ2) is 6.40. The Kier molecular flexibility index (Phi) is 5.16. The number of aliphatic carboxylic acids is 1. The van der Waals surface area contributed by atoms with Crippen LogP contribution in [0.2, 0.25) is 5.02 Å². The maximum absolute atomic E-state index is 11.9. The minimum atomic E-state index is -1.03. The highest BCUT2D eigenvalue weighted by Gasteiger charge is 2.21. The zero-order valence-corrected chi connectivity index (χ0v) is 11.1. The smallest absolute Gasteiger partial charge is 0.326 e. The lowest BCUT2D eigenvalue weighted by atomic mass is 10.0. The molecule has 98 valence electrons. The molecule has 0 aliphatic rings. The normalized spacial score (nSPS) is 12.2. The molecule has 1 aromatic rings. The average Bonchev–Trinajstić information content (AvgIpc) is 2.27. The molecule has 1 amide bonds. The van der Waals surface area contributed by atoms with Crippen LogP contribution in [0.25, 0.3) is 0 Å². The molecule has 0 heterocycles. The average molecular weight is 270 g/mol. The van der Waals surface area contributed by atoms with Crippen molar-refractivity contribution in [1.82, 2.24) is 5.32 Å². The second-order valence-electron chi connectivity index (χ2n) is 4.50. The van der Waals surface area contributed by atoms with E-state index in [1.165, 1.54) is 6.07 Å². The van der Waals surface area contributed by atoms with Gasteiger partial charge in [0.15, 0.2) is 0 Å². The van der Waals surface area contributed by atoms with Crippen LogP contribution in [0.4, 0.5) is 0 Å². The number of rotatable bonds is 5. The lowest BCUT2D eigenvalue weighted by Crippen LogP contribution is -2.41. The molecule has 0 unspecified atom stereocenters. The Bertz CT molecular complexity index is 446. The summed E-state index contributed by atoms with van der Waals surface area (Å²) >= 11 is 5.78. The Labute approximate surface area is 111 Å². The fourth-order valence-electron chi connectivity index (χ4n) is 1.56. The third kappa shape index (κ3) is 4.37. The summed E-state index contributed by atoms with van der Waals surface area (Å²) in [5.74, 6) is -1.27. The summed E-state index contributed by atoms with van der Waals surface area (Å²) in [6, 6.07) is 5.52. The van der Waals surface area contributed by atoms with Crippen LogP contribution < -0.4 is 5.32 Å². The van der Waals surface area contributed by atoms with E-state index in [1.54, 1.807) is 18.2 Å². The Morgan fingerprint density at radius 2 is 2.06 bits per heavy atom. The van der Waals surface area contributed by atoms with Crippen molar-refractivity contribution in [1.29, 1.82) is 0 Å². The maximum atomic E-state index is 11.9. The van der Waals surface area contributed by atoms with Gasteiger partial charge < -0.3 is 10.4 Å². The molecule has 1 aromatic carbocycles. The molecule has 0 bridgehead atoms. The van der Waals surface area contributed by atoms with Gasteiger partial charge in [0.25, 0.3) is 5.91 Å². The Morgan fingerprint density at radius 1 is 1.39 bits per heavy atom. The molecule has 0 saturated heterocycles. The molecule has 0 spiro atoms. The molecule has 18 heavy (non-hydrogen) atoms. The van der Waals surface area contributed by atoms with Crippen LogP contribution in [0, 0.1) is 5.92 Å². The van der Waals surface area contributed by atoms with Crippen molar-refractivity contribution in [3.8, 4) is 0 Å². The van der Waals surface area contributed by atoms with Gasteiger partial charge in [-0.25, -0.2) is 4.79 Å². The van der Waals surface area contributed by atoms with E-state index >= 15 is 0 Å². The summed E-state index contributed by atoms with van der Waals surface area (Å²) in [5.41, 5.74) is 0.359. The number of benzene rings is 1. The van der Waals surface area contributed by atoms with Gasteiger partial charge in [-0.3, -0.25) is 4.79 Å². The number of nitrogens with one attached hydrogen (secondary N) is 1. The van der Waals surface area contributed by atoms with Crippen LogP contribution in [0.3, 0.4) is 0 Å². The summed E-state index contributed by atoms with van der Waals surface area (Å²) < 4.78 is 0. The monoisotopic (exact) mass is 269 g/mol. The van der Waals surface area contributed by atoms with Crippen LogP contribution in [0.15, 0.2) is 24.3 Å². The highest BCUT2D eigenvalue weighted by molar-refractivity contribution is 6.30. The van der Waals surface area contributed by atoms with E-state index in [9.17, 15) is 9.59 Å². The van der Waals surface area contributed by atoms with Crippen molar-refractivity contribution >= 4 is 23.5 Å². The van der Waals surface area contributed by atoms with Gasteiger partial charge in [-0.2, -0.15) is 0 Å². The third-order valence-electron chi connectivity index (χ3n) is 2.40. The lowest BCUT2D eigenvalue weighted by Gasteiger charge is -2.16. The summed E-state index contributed by atoms with van der Waals surface area (Å²) in [7, 11) is 0. The Morgan fingerprint density at radius 3 is 2.56 bits per heavy atom. The fourth-order valence-corrected chi connectivity index (χ4v) is 1.75. The van der Waals surface area contributed by atoms with E-state index in [4.69, 9.17) is 16.7 Å². The van der Waals surface area contributed by atoms with E-state index in [1.807, 2.05) is 13.8 Å². The molecule has 0 aliphatic carbocycles. The first kappa shape index (κ1) is 14.5. The van der Waals surface area contributed by atoms with Gasteiger partial charge in [-0.05, 0) is 30.5 Å². The molecular weight excluding hydrogens is 254 g/mol. The van der Waals surface area contributed by atoms with Gasteiger partial charge in [0.1, 0.15) is 6.04 Å². The largest absolute Gasteiger partial charge is 0.480 e. The number of carboxylic acids is 1. The number of amides is 1. The van der Waals surface area contributed by atoms with Gasteiger partial charge >= 0.3 is 5.97 Å². The van der Waals surface area contributed by atoms with Crippen molar-refractivity contribution < 1.29 is 14.7 Å². The molecule has 0 radical (unpaired) electrons. The van der Waals surface area contributed by atoms with Crippen molar-refractivity contribution in [2.24, 2.45) is 5.92 Å². The number of halogens is 1. The first-order valence-corrected chi connectivity index (χ1v) is 6.07. The minimum Gasteiger partial charge on any atom is -0.480 e. The predicted octanol–water partition coefficient (Wildman–Crippen LogP) is 2.57. The molecule has 1 atom stereocenters. The molecule has 4 nitrogen and oxygen atoms in total. The third-order valence-corrected chi connectivity index (χ3v) is 2.63. The van der Waals surface area contributed by atoms with Crippen molar-refractivity contribution in [3.63, 3.8) is 0 Å². The first-order valence-electron chi connectivity index (χ1n) is 5.69. The van der Waals surface area contributed by atoms with Gasteiger partial charge in [0.05, 0.1) is 0 Å². The Balaban J connectivity index is 2.75. The lowest BCUT2D eigenvalue weighted by molar-refractivity contribution is -0.139. The number of hydrogen-bond donors (Lipinski definition) is 2. The highest BCUT2D eigenvalue weighted by Crippen LogP contribution is 2.11.